The van der Waals surface area contributed by atoms with Gasteiger partial charge in [-0.25, -0.2) is 4.39 Å². The van der Waals surface area contributed by atoms with Gasteiger partial charge in [-0.3, -0.25) is 0 Å². The molecule has 0 spiro atoms. The number of thioether (sulfide) groups is 1. The molecular weight excluding hydrogens is 337 g/mol. The molecule has 3 nitrogen and oxygen atoms in total. The predicted octanol–water partition coefficient (Wildman–Crippen LogP) is 3.83. The average molecular weight is 356 g/mol. The van der Waals surface area contributed by atoms with E-state index in [0.717, 1.165) is 13.0 Å². The normalized spacial score (nSPS) is 26.1. The molecular formula is C17H19ClFNO2S. The summed E-state index contributed by atoms with van der Waals surface area (Å²) in [7, 11) is 3.99. The maximum atomic E-state index is 13.6. The number of fused-ring (bicyclic) bond motifs is 1. The van der Waals surface area contributed by atoms with Crippen LogP contribution in [0, 0.1) is 5.82 Å². The van der Waals surface area contributed by atoms with Crippen LogP contribution in [0.1, 0.15) is 18.4 Å². The maximum absolute atomic E-state index is 13.6. The van der Waals surface area contributed by atoms with Crippen molar-refractivity contribution in [1.29, 1.82) is 0 Å². The van der Waals surface area contributed by atoms with Gasteiger partial charge in [0.25, 0.3) is 0 Å². The number of ether oxygens (including phenoxy) is 1. The van der Waals surface area contributed by atoms with E-state index >= 15 is 0 Å². The Labute approximate surface area is 144 Å². The third-order valence-corrected chi connectivity index (χ3v) is 5.55. The van der Waals surface area contributed by atoms with Crippen LogP contribution in [0.15, 0.2) is 41.0 Å². The molecule has 23 heavy (non-hydrogen) atoms. The molecule has 0 radical (unpaired) electrons. The Bertz CT molecular complexity index is 677. The summed E-state index contributed by atoms with van der Waals surface area (Å²) in [5.41, 5.74) is -0.599. The highest BCUT2D eigenvalue weighted by molar-refractivity contribution is 8.05. The molecule has 1 N–H and O–H groups in total. The number of hydrogen-bond acceptors (Lipinski definition) is 4. The van der Waals surface area contributed by atoms with Crippen LogP contribution in [0.2, 0.25) is 0 Å². The molecule has 3 rings (SSSR count). The first-order chi connectivity index (χ1) is 10.9. The van der Waals surface area contributed by atoms with Gasteiger partial charge in [-0.2, -0.15) is 0 Å². The highest BCUT2D eigenvalue weighted by atomic mass is 35.5. The van der Waals surface area contributed by atoms with Gasteiger partial charge in [0, 0.05) is 11.6 Å². The lowest BCUT2D eigenvalue weighted by Gasteiger charge is -2.39. The second-order valence-corrected chi connectivity index (χ2v) is 7.91. The fraction of sp³-hybridized carbons (Fsp3) is 0.412. The molecule has 1 aromatic rings. The van der Waals surface area contributed by atoms with Crippen LogP contribution < -0.4 is 4.74 Å². The molecule has 1 aromatic carbocycles. The van der Waals surface area contributed by atoms with E-state index in [1.807, 2.05) is 14.1 Å². The fourth-order valence-corrected chi connectivity index (χ4v) is 4.25. The van der Waals surface area contributed by atoms with Gasteiger partial charge in [0.1, 0.15) is 27.6 Å². The summed E-state index contributed by atoms with van der Waals surface area (Å²) in [5.74, 6) is 0.540. The zero-order valence-corrected chi connectivity index (χ0v) is 14.6. The smallest absolute Gasteiger partial charge is 0.140 e. The summed E-state index contributed by atoms with van der Waals surface area (Å²) < 4.78 is 19.1. The van der Waals surface area contributed by atoms with Crippen molar-refractivity contribution in [2.24, 2.45) is 0 Å². The van der Waals surface area contributed by atoms with Crippen LogP contribution in [-0.4, -0.2) is 35.4 Å². The van der Waals surface area contributed by atoms with Crippen molar-refractivity contribution in [1.82, 2.24) is 4.90 Å². The van der Waals surface area contributed by atoms with Crippen molar-refractivity contribution in [3.63, 3.8) is 0 Å². The Balaban J connectivity index is 2.01. The third-order valence-electron chi connectivity index (χ3n) is 3.98. The molecule has 2 heterocycles. The molecule has 0 saturated heterocycles. The first-order valence-electron chi connectivity index (χ1n) is 7.49. The number of hydrogen-bond donors (Lipinski definition) is 1. The molecule has 0 aliphatic carbocycles. The van der Waals surface area contributed by atoms with E-state index in [9.17, 15) is 9.50 Å². The highest BCUT2D eigenvalue weighted by Gasteiger charge is 2.43. The fourth-order valence-electron chi connectivity index (χ4n) is 2.89. The Morgan fingerprint density at radius 3 is 2.96 bits per heavy atom. The first kappa shape index (κ1) is 16.8. The topological polar surface area (TPSA) is 32.7 Å². The summed E-state index contributed by atoms with van der Waals surface area (Å²) in [4.78, 5) is 2.78. The lowest BCUT2D eigenvalue weighted by atomic mass is 9.85. The lowest BCUT2D eigenvalue weighted by molar-refractivity contribution is 0.0589. The summed E-state index contributed by atoms with van der Waals surface area (Å²) >= 11 is 7.59. The van der Waals surface area contributed by atoms with Crippen molar-refractivity contribution in [2.75, 3.05) is 20.6 Å². The summed E-state index contributed by atoms with van der Waals surface area (Å²) in [6.45, 7) is 0.854. The van der Waals surface area contributed by atoms with E-state index in [1.165, 1.54) is 23.9 Å². The minimum Gasteiger partial charge on any atom is -0.456 e. The largest absolute Gasteiger partial charge is 0.456 e. The summed E-state index contributed by atoms with van der Waals surface area (Å²) in [5, 5.41) is 11.4. The molecule has 0 bridgehead atoms. The minimum absolute atomic E-state index is 0.250. The van der Waals surface area contributed by atoms with Gasteiger partial charge in [0.2, 0.25) is 0 Å². The van der Waals surface area contributed by atoms with Crippen molar-refractivity contribution in [2.45, 2.75) is 23.2 Å². The van der Waals surface area contributed by atoms with Gasteiger partial charge in [0.15, 0.2) is 0 Å². The van der Waals surface area contributed by atoms with Crippen molar-refractivity contribution in [3.05, 3.63) is 52.4 Å². The van der Waals surface area contributed by atoms with Crippen molar-refractivity contribution >= 4 is 23.4 Å². The van der Waals surface area contributed by atoms with Crippen LogP contribution in [0.3, 0.4) is 0 Å². The quantitative estimate of drug-likeness (QED) is 0.832. The predicted molar refractivity (Wildman–Crippen MR) is 92.1 cm³/mol. The Kier molecular flexibility index (Phi) is 4.74. The Hall–Kier alpha value is -1.01. The van der Waals surface area contributed by atoms with Crippen LogP contribution >= 0.6 is 23.4 Å². The average Bonchev–Trinajstić information content (AvgIpc) is 2.48. The third kappa shape index (κ3) is 3.29. The molecule has 0 fully saturated rings. The second kappa shape index (κ2) is 6.48. The van der Waals surface area contributed by atoms with Gasteiger partial charge in [-0.15, -0.1) is 11.6 Å². The SMILES string of the molecule is CN(C)CCCC1(O)C2=C(C=CC(Cl)S2)Oc2cc(F)ccc21. The molecule has 124 valence electrons. The van der Waals surface area contributed by atoms with Crippen LogP contribution in [0.4, 0.5) is 4.39 Å². The molecule has 2 aliphatic rings. The molecule has 2 aliphatic heterocycles. The maximum Gasteiger partial charge on any atom is 0.140 e. The number of rotatable bonds is 4. The van der Waals surface area contributed by atoms with Gasteiger partial charge in [-0.05, 0) is 51.7 Å². The number of aliphatic hydroxyl groups is 1. The van der Waals surface area contributed by atoms with E-state index in [-0.39, 0.29) is 10.5 Å². The van der Waals surface area contributed by atoms with E-state index in [1.54, 1.807) is 18.2 Å². The highest BCUT2D eigenvalue weighted by Crippen LogP contribution is 2.52. The van der Waals surface area contributed by atoms with Gasteiger partial charge in [-0.1, -0.05) is 17.8 Å². The number of allylic oxidation sites excluding steroid dienone is 1. The van der Waals surface area contributed by atoms with Gasteiger partial charge >= 0.3 is 0 Å². The molecule has 6 heteroatoms. The zero-order valence-electron chi connectivity index (χ0n) is 13.1. The summed E-state index contributed by atoms with van der Waals surface area (Å²) in [6.07, 6.45) is 4.88. The summed E-state index contributed by atoms with van der Waals surface area (Å²) in [6, 6.07) is 4.28. The van der Waals surface area contributed by atoms with E-state index in [2.05, 4.69) is 4.90 Å². The van der Waals surface area contributed by atoms with Gasteiger partial charge < -0.3 is 14.7 Å². The van der Waals surface area contributed by atoms with Crippen molar-refractivity contribution in [3.8, 4) is 5.75 Å². The molecule has 0 aromatic heterocycles. The minimum atomic E-state index is -1.20. The molecule has 0 saturated carbocycles. The molecule has 2 atom stereocenters. The van der Waals surface area contributed by atoms with E-state index in [0.29, 0.717) is 28.4 Å². The second-order valence-electron chi connectivity index (χ2n) is 6.03. The first-order valence-corrected chi connectivity index (χ1v) is 8.80. The standard InChI is InChI=1S/C17H19ClFNO2S/c1-20(2)9-3-8-17(21)12-5-4-11(19)10-14(12)22-13-6-7-15(18)23-16(13)17/h4-7,10,15,21H,3,8-9H2,1-2H3. The van der Waals surface area contributed by atoms with E-state index in [4.69, 9.17) is 16.3 Å². The van der Waals surface area contributed by atoms with Crippen molar-refractivity contribution < 1.29 is 14.2 Å². The Morgan fingerprint density at radius 2 is 2.22 bits per heavy atom. The number of nitrogens with zero attached hydrogens (tertiary/aromatic N) is 1. The molecule has 0 amide bonds. The molecule has 2 unspecified atom stereocenters. The lowest BCUT2D eigenvalue weighted by Crippen LogP contribution is -2.34. The van der Waals surface area contributed by atoms with Crippen LogP contribution in [-0.2, 0) is 5.60 Å². The number of benzene rings is 1. The van der Waals surface area contributed by atoms with Gasteiger partial charge in [0.05, 0.1) is 4.91 Å². The number of halogens is 2. The Morgan fingerprint density at radius 1 is 1.43 bits per heavy atom. The zero-order chi connectivity index (χ0) is 16.6. The van der Waals surface area contributed by atoms with E-state index < -0.39 is 5.60 Å². The van der Waals surface area contributed by atoms with Crippen LogP contribution in [0.25, 0.3) is 0 Å². The number of alkyl halides is 1. The van der Waals surface area contributed by atoms with Crippen LogP contribution in [0.5, 0.6) is 5.75 Å². The monoisotopic (exact) mass is 355 g/mol.